The molecule has 152 valence electrons. The first-order valence-corrected chi connectivity index (χ1v) is 10.8. The molecule has 2 aromatic carbocycles. The molecule has 0 aliphatic carbocycles. The summed E-state index contributed by atoms with van der Waals surface area (Å²) in [5.41, 5.74) is 0.518. The van der Waals surface area contributed by atoms with Crippen LogP contribution < -0.4 is 4.90 Å². The molecule has 0 aromatic heterocycles. The number of halogens is 1. The van der Waals surface area contributed by atoms with Crippen molar-refractivity contribution in [1.82, 2.24) is 9.21 Å². The van der Waals surface area contributed by atoms with Gasteiger partial charge in [-0.05, 0) is 37.1 Å². The van der Waals surface area contributed by atoms with Gasteiger partial charge in [0.1, 0.15) is 17.3 Å². The Kier molecular flexibility index (Phi) is 5.10. The Bertz CT molecular complexity index is 1040. The Hall–Kier alpha value is -2.78. The SMILES string of the molecule is O=C1CN(C2CCN(S(=O)(=O)c3ccccc3F)CC2)C(=O)N1c1ccccc1. The van der Waals surface area contributed by atoms with E-state index in [0.717, 1.165) is 11.0 Å². The van der Waals surface area contributed by atoms with Crippen molar-refractivity contribution in [3.8, 4) is 0 Å². The number of carbonyl (C=O) groups is 2. The van der Waals surface area contributed by atoms with Crippen molar-refractivity contribution in [2.24, 2.45) is 0 Å². The Morgan fingerprint density at radius 3 is 2.17 bits per heavy atom. The fourth-order valence-corrected chi connectivity index (χ4v) is 5.36. The average Bonchev–Trinajstić information content (AvgIpc) is 3.03. The van der Waals surface area contributed by atoms with Crippen LogP contribution in [0.2, 0.25) is 0 Å². The molecule has 0 saturated carbocycles. The van der Waals surface area contributed by atoms with Gasteiger partial charge in [-0.1, -0.05) is 30.3 Å². The van der Waals surface area contributed by atoms with Crippen molar-refractivity contribution in [2.45, 2.75) is 23.8 Å². The molecule has 2 aliphatic heterocycles. The third-order valence-corrected chi connectivity index (χ3v) is 7.26. The summed E-state index contributed by atoms with van der Waals surface area (Å²) >= 11 is 0. The molecule has 0 atom stereocenters. The average molecular weight is 417 g/mol. The number of nitrogens with zero attached hydrogens (tertiary/aromatic N) is 3. The lowest BCUT2D eigenvalue weighted by molar-refractivity contribution is -0.116. The number of carbonyl (C=O) groups excluding carboxylic acids is 2. The number of rotatable bonds is 4. The largest absolute Gasteiger partial charge is 0.332 e. The van der Waals surface area contributed by atoms with Gasteiger partial charge in [-0.2, -0.15) is 4.31 Å². The van der Waals surface area contributed by atoms with E-state index in [1.54, 1.807) is 30.3 Å². The highest BCUT2D eigenvalue weighted by Crippen LogP contribution is 2.28. The third kappa shape index (κ3) is 3.51. The summed E-state index contributed by atoms with van der Waals surface area (Å²) in [6.45, 7) is 0.285. The summed E-state index contributed by atoms with van der Waals surface area (Å²) in [5, 5.41) is 0. The van der Waals surface area contributed by atoms with Crippen LogP contribution in [-0.2, 0) is 14.8 Å². The molecule has 0 radical (unpaired) electrons. The van der Waals surface area contributed by atoms with E-state index in [9.17, 15) is 22.4 Å². The monoisotopic (exact) mass is 417 g/mol. The topological polar surface area (TPSA) is 78.0 Å². The van der Waals surface area contributed by atoms with E-state index in [2.05, 4.69) is 0 Å². The zero-order valence-corrected chi connectivity index (χ0v) is 16.4. The number of hydrogen-bond donors (Lipinski definition) is 0. The van der Waals surface area contributed by atoms with Crippen LogP contribution in [0.25, 0.3) is 0 Å². The summed E-state index contributed by atoms with van der Waals surface area (Å²) < 4.78 is 40.7. The van der Waals surface area contributed by atoms with Crippen molar-refractivity contribution in [3.05, 3.63) is 60.4 Å². The molecule has 0 N–H and O–H groups in total. The molecule has 3 amide bonds. The van der Waals surface area contributed by atoms with Gasteiger partial charge < -0.3 is 4.90 Å². The Balaban J connectivity index is 1.46. The summed E-state index contributed by atoms with van der Waals surface area (Å²) in [7, 11) is -3.94. The standard InChI is InChI=1S/C20H20FN3O4S/c21-17-8-4-5-9-18(17)29(27,28)22-12-10-15(11-13-22)23-14-19(25)24(20(23)26)16-6-2-1-3-7-16/h1-9,15H,10-14H2. The molecule has 4 rings (SSSR count). The van der Waals surface area contributed by atoms with Gasteiger partial charge in [-0.25, -0.2) is 22.5 Å². The van der Waals surface area contributed by atoms with E-state index in [-0.39, 0.29) is 36.5 Å². The van der Waals surface area contributed by atoms with Crippen LogP contribution in [0.15, 0.2) is 59.5 Å². The Morgan fingerprint density at radius 1 is 0.897 bits per heavy atom. The van der Waals surface area contributed by atoms with Crippen LogP contribution >= 0.6 is 0 Å². The number of imide groups is 1. The van der Waals surface area contributed by atoms with E-state index in [1.165, 1.54) is 27.4 Å². The van der Waals surface area contributed by atoms with Crippen LogP contribution in [0.5, 0.6) is 0 Å². The smallest absolute Gasteiger partial charge is 0.312 e. The number of piperidine rings is 1. The molecule has 29 heavy (non-hydrogen) atoms. The minimum atomic E-state index is -3.94. The Morgan fingerprint density at radius 2 is 1.52 bits per heavy atom. The Labute approximate surface area is 168 Å². The second-order valence-electron chi connectivity index (χ2n) is 7.04. The van der Waals surface area contributed by atoms with Gasteiger partial charge in [0.05, 0.1) is 5.69 Å². The van der Waals surface area contributed by atoms with Gasteiger partial charge in [0.25, 0.3) is 5.91 Å². The van der Waals surface area contributed by atoms with E-state index in [4.69, 9.17) is 0 Å². The number of amides is 3. The van der Waals surface area contributed by atoms with Gasteiger partial charge in [0, 0.05) is 19.1 Å². The maximum Gasteiger partial charge on any atom is 0.332 e. The predicted molar refractivity (Wildman–Crippen MR) is 104 cm³/mol. The predicted octanol–water partition coefficient (Wildman–Crippen LogP) is 2.45. The molecule has 0 bridgehead atoms. The zero-order chi connectivity index (χ0) is 20.6. The van der Waals surface area contributed by atoms with E-state index in [1.807, 2.05) is 0 Å². The number of urea groups is 1. The number of anilines is 1. The first kappa shape index (κ1) is 19.5. The number of para-hydroxylation sites is 1. The molecule has 2 heterocycles. The fourth-order valence-electron chi connectivity index (χ4n) is 3.82. The lowest BCUT2D eigenvalue weighted by Gasteiger charge is -2.35. The highest BCUT2D eigenvalue weighted by atomic mass is 32.2. The maximum atomic E-state index is 14.0. The zero-order valence-electron chi connectivity index (χ0n) is 15.6. The molecule has 2 aromatic rings. The van der Waals surface area contributed by atoms with E-state index in [0.29, 0.717) is 18.5 Å². The molecule has 0 spiro atoms. The second kappa shape index (κ2) is 7.57. The van der Waals surface area contributed by atoms with E-state index >= 15 is 0 Å². The van der Waals surface area contributed by atoms with Crippen molar-refractivity contribution < 1.29 is 22.4 Å². The van der Waals surface area contributed by atoms with Gasteiger partial charge >= 0.3 is 6.03 Å². The molecule has 7 nitrogen and oxygen atoms in total. The molecule has 2 saturated heterocycles. The normalized spacial score (nSPS) is 19.2. The minimum Gasteiger partial charge on any atom is -0.312 e. The van der Waals surface area contributed by atoms with Gasteiger partial charge in [0.2, 0.25) is 10.0 Å². The lowest BCUT2D eigenvalue weighted by atomic mass is 10.1. The molecule has 0 unspecified atom stereocenters. The first-order valence-electron chi connectivity index (χ1n) is 9.33. The quantitative estimate of drug-likeness (QED) is 0.716. The first-order chi connectivity index (χ1) is 13.9. The molecular formula is C20H20FN3O4S. The second-order valence-corrected chi connectivity index (χ2v) is 8.95. The van der Waals surface area contributed by atoms with Crippen LogP contribution in [0.3, 0.4) is 0 Å². The van der Waals surface area contributed by atoms with Crippen molar-refractivity contribution >= 4 is 27.6 Å². The molecular weight excluding hydrogens is 397 g/mol. The van der Waals surface area contributed by atoms with Gasteiger partial charge in [-0.3, -0.25) is 4.79 Å². The highest BCUT2D eigenvalue weighted by molar-refractivity contribution is 7.89. The molecule has 9 heteroatoms. The van der Waals surface area contributed by atoms with Gasteiger partial charge in [-0.15, -0.1) is 0 Å². The summed E-state index contributed by atoms with van der Waals surface area (Å²) in [6, 6.07) is 13.4. The lowest BCUT2D eigenvalue weighted by Crippen LogP contribution is -2.48. The highest BCUT2D eigenvalue weighted by Gasteiger charge is 2.42. The summed E-state index contributed by atoms with van der Waals surface area (Å²) in [4.78, 5) is 27.5. The van der Waals surface area contributed by atoms with Crippen molar-refractivity contribution in [1.29, 1.82) is 0 Å². The van der Waals surface area contributed by atoms with Crippen LogP contribution in [0, 0.1) is 5.82 Å². The summed E-state index contributed by atoms with van der Waals surface area (Å²) in [6.07, 6.45) is 0.769. The van der Waals surface area contributed by atoms with Crippen LogP contribution in [-0.4, -0.2) is 55.2 Å². The minimum absolute atomic E-state index is 0.0293. The van der Waals surface area contributed by atoms with E-state index < -0.39 is 21.9 Å². The molecule has 2 fully saturated rings. The van der Waals surface area contributed by atoms with Gasteiger partial charge in [0.15, 0.2) is 0 Å². The van der Waals surface area contributed by atoms with Crippen molar-refractivity contribution in [3.63, 3.8) is 0 Å². The number of hydrogen-bond acceptors (Lipinski definition) is 4. The van der Waals surface area contributed by atoms with Crippen LogP contribution in [0.4, 0.5) is 14.9 Å². The number of sulfonamides is 1. The summed E-state index contributed by atoms with van der Waals surface area (Å²) in [5.74, 6) is -1.09. The fraction of sp³-hybridized carbons (Fsp3) is 0.300. The van der Waals surface area contributed by atoms with Crippen molar-refractivity contribution in [2.75, 3.05) is 24.5 Å². The third-order valence-electron chi connectivity index (χ3n) is 5.33. The van der Waals surface area contributed by atoms with Crippen LogP contribution in [0.1, 0.15) is 12.8 Å². The maximum absolute atomic E-state index is 14.0. The molecule has 2 aliphatic rings. The number of benzene rings is 2.